The van der Waals surface area contributed by atoms with Crippen LogP contribution in [0, 0.1) is 0 Å². The lowest BCUT2D eigenvalue weighted by molar-refractivity contribution is -0.119. The van der Waals surface area contributed by atoms with Crippen molar-refractivity contribution in [3.8, 4) is 11.4 Å². The summed E-state index contributed by atoms with van der Waals surface area (Å²) in [5.41, 5.74) is 1.84. The van der Waals surface area contributed by atoms with Crippen molar-refractivity contribution in [2.75, 3.05) is 24.4 Å². The van der Waals surface area contributed by atoms with Crippen molar-refractivity contribution in [2.45, 2.75) is 0 Å². The summed E-state index contributed by atoms with van der Waals surface area (Å²) < 4.78 is 11.7. The zero-order valence-electron chi connectivity index (χ0n) is 17.8. The molecule has 11 nitrogen and oxygen atoms in total. The minimum Gasteiger partial charge on any atom is -0.495 e. The number of thiophene rings is 1. The second-order valence-electron chi connectivity index (χ2n) is 6.75. The van der Waals surface area contributed by atoms with E-state index in [0.717, 1.165) is 11.3 Å². The molecule has 0 saturated heterocycles. The number of aromatic nitrogens is 4. The third-order valence-electron chi connectivity index (χ3n) is 4.55. The first-order chi connectivity index (χ1) is 16.5. The number of nitrogens with one attached hydrogen (secondary N) is 2. The predicted octanol–water partition coefficient (Wildman–Crippen LogP) is 2.78. The molecule has 0 saturated carbocycles. The number of hydrogen-bond acceptors (Lipinski definition) is 9. The van der Waals surface area contributed by atoms with Crippen LogP contribution in [-0.4, -0.2) is 51.7 Å². The molecule has 0 radical (unpaired) electrons. The number of tetrazole rings is 1. The van der Waals surface area contributed by atoms with Gasteiger partial charge in [-0.05, 0) is 58.3 Å². The highest BCUT2D eigenvalue weighted by Gasteiger charge is 2.18. The minimum atomic E-state index is -0.668. The number of anilines is 2. The van der Waals surface area contributed by atoms with Gasteiger partial charge in [0.05, 0.1) is 18.5 Å². The average molecular weight is 478 g/mol. The molecule has 172 valence electrons. The fourth-order valence-electron chi connectivity index (χ4n) is 2.95. The van der Waals surface area contributed by atoms with E-state index in [4.69, 9.17) is 9.47 Å². The summed E-state index contributed by atoms with van der Waals surface area (Å²) in [6.07, 6.45) is 1.35. The summed E-state index contributed by atoms with van der Waals surface area (Å²) in [4.78, 5) is 37.3. The number of methoxy groups -OCH3 is 1. The van der Waals surface area contributed by atoms with E-state index in [1.807, 2.05) is 0 Å². The molecule has 4 aromatic rings. The van der Waals surface area contributed by atoms with Crippen LogP contribution in [0.3, 0.4) is 0 Å². The van der Waals surface area contributed by atoms with Crippen LogP contribution < -0.4 is 15.4 Å². The summed E-state index contributed by atoms with van der Waals surface area (Å²) in [5.74, 6) is -0.980. The van der Waals surface area contributed by atoms with Crippen molar-refractivity contribution >= 4 is 40.5 Å². The molecule has 0 atom stereocenters. The second-order valence-corrected chi connectivity index (χ2v) is 7.66. The van der Waals surface area contributed by atoms with Crippen LogP contribution in [0.15, 0.2) is 66.3 Å². The number of carbonyl (C=O) groups excluding carboxylic acids is 3. The highest BCUT2D eigenvalue weighted by Crippen LogP contribution is 2.24. The lowest BCUT2D eigenvalue weighted by atomic mass is 10.2. The molecule has 2 amide bonds. The quantitative estimate of drug-likeness (QED) is 0.369. The van der Waals surface area contributed by atoms with Gasteiger partial charge in [-0.25, -0.2) is 4.79 Å². The Labute approximate surface area is 197 Å². The van der Waals surface area contributed by atoms with E-state index in [9.17, 15) is 14.4 Å². The van der Waals surface area contributed by atoms with Crippen LogP contribution in [0.5, 0.6) is 5.75 Å². The third kappa shape index (κ3) is 5.24. The molecule has 2 aromatic heterocycles. The number of benzene rings is 2. The van der Waals surface area contributed by atoms with E-state index in [1.165, 1.54) is 18.1 Å². The number of carbonyl (C=O) groups is 3. The molecule has 2 aromatic carbocycles. The van der Waals surface area contributed by atoms with Gasteiger partial charge in [-0.1, -0.05) is 12.1 Å². The van der Waals surface area contributed by atoms with Crippen molar-refractivity contribution in [1.29, 1.82) is 0 Å². The van der Waals surface area contributed by atoms with E-state index in [2.05, 4.69) is 26.2 Å². The average Bonchev–Trinajstić information content (AvgIpc) is 3.55. The minimum absolute atomic E-state index is 0.269. The Balaban J connectivity index is 1.31. The molecule has 0 spiro atoms. The number of hydrogen-bond donors (Lipinski definition) is 2. The van der Waals surface area contributed by atoms with Gasteiger partial charge in [-0.15, -0.1) is 16.4 Å². The summed E-state index contributed by atoms with van der Waals surface area (Å²) in [6, 6.07) is 15.0. The number of amides is 2. The Morgan fingerprint density at radius 2 is 1.82 bits per heavy atom. The summed E-state index contributed by atoms with van der Waals surface area (Å²) >= 11 is 1.15. The molecule has 0 aliphatic heterocycles. The molecular formula is C22H18N6O5S. The summed E-state index contributed by atoms with van der Waals surface area (Å²) in [6.45, 7) is -0.484. The molecule has 0 aliphatic carbocycles. The zero-order valence-corrected chi connectivity index (χ0v) is 18.6. The Bertz CT molecular complexity index is 1300. The van der Waals surface area contributed by atoms with E-state index < -0.39 is 18.5 Å². The van der Waals surface area contributed by atoms with E-state index in [0.29, 0.717) is 28.4 Å². The van der Waals surface area contributed by atoms with Gasteiger partial charge in [0.1, 0.15) is 17.0 Å². The summed E-state index contributed by atoms with van der Waals surface area (Å²) in [7, 11) is 1.52. The van der Waals surface area contributed by atoms with Crippen molar-refractivity contribution < 1.29 is 23.9 Å². The maximum atomic E-state index is 12.5. The van der Waals surface area contributed by atoms with E-state index in [1.54, 1.807) is 60.0 Å². The first-order valence-corrected chi connectivity index (χ1v) is 10.8. The van der Waals surface area contributed by atoms with Gasteiger partial charge in [0.25, 0.3) is 11.8 Å². The zero-order chi connectivity index (χ0) is 23.9. The molecule has 12 heteroatoms. The van der Waals surface area contributed by atoms with Crippen molar-refractivity contribution in [3.63, 3.8) is 0 Å². The Hall–Kier alpha value is -4.58. The molecule has 2 N–H and O–H groups in total. The first-order valence-electron chi connectivity index (χ1n) is 9.87. The molecule has 2 heterocycles. The molecule has 0 fully saturated rings. The van der Waals surface area contributed by atoms with Gasteiger partial charge in [-0.2, -0.15) is 4.68 Å². The molecular weight excluding hydrogens is 460 g/mol. The standard InChI is InChI=1S/C22H18N6O5S/c1-32-18-5-3-2-4-16(18)25-21(30)14-6-8-15(9-7-14)24-19(29)12-33-22(31)20-17(10-11-34-20)28-13-23-26-27-28/h2-11,13H,12H2,1H3,(H,24,29)(H,25,30). The van der Waals surface area contributed by atoms with Crippen LogP contribution in [-0.2, 0) is 9.53 Å². The van der Waals surface area contributed by atoms with Crippen LogP contribution in [0.4, 0.5) is 11.4 Å². The van der Waals surface area contributed by atoms with Crippen molar-refractivity contribution in [3.05, 3.63) is 76.7 Å². The van der Waals surface area contributed by atoms with E-state index in [-0.39, 0.29) is 10.8 Å². The third-order valence-corrected chi connectivity index (χ3v) is 5.43. The molecule has 34 heavy (non-hydrogen) atoms. The maximum Gasteiger partial charge on any atom is 0.351 e. The largest absolute Gasteiger partial charge is 0.495 e. The van der Waals surface area contributed by atoms with Crippen LogP contribution in [0.2, 0.25) is 0 Å². The lowest BCUT2D eigenvalue weighted by Gasteiger charge is -2.10. The van der Waals surface area contributed by atoms with E-state index >= 15 is 0 Å². The number of para-hydroxylation sites is 2. The van der Waals surface area contributed by atoms with Gasteiger partial charge < -0.3 is 20.1 Å². The molecule has 0 unspecified atom stereocenters. The topological polar surface area (TPSA) is 137 Å². The van der Waals surface area contributed by atoms with Crippen molar-refractivity contribution in [1.82, 2.24) is 20.2 Å². The van der Waals surface area contributed by atoms with Crippen LogP contribution >= 0.6 is 11.3 Å². The Kier molecular flexibility index (Phi) is 6.89. The predicted molar refractivity (Wildman–Crippen MR) is 123 cm³/mol. The maximum absolute atomic E-state index is 12.5. The number of ether oxygens (including phenoxy) is 2. The second kappa shape index (κ2) is 10.4. The number of rotatable bonds is 8. The normalized spacial score (nSPS) is 10.4. The van der Waals surface area contributed by atoms with Crippen LogP contribution in [0.25, 0.3) is 5.69 Å². The monoisotopic (exact) mass is 478 g/mol. The van der Waals surface area contributed by atoms with Crippen molar-refractivity contribution in [2.24, 2.45) is 0 Å². The first kappa shape index (κ1) is 22.6. The lowest BCUT2D eigenvalue weighted by Crippen LogP contribution is -2.21. The smallest absolute Gasteiger partial charge is 0.351 e. The van der Waals surface area contributed by atoms with Gasteiger partial charge in [0.2, 0.25) is 0 Å². The summed E-state index contributed by atoms with van der Waals surface area (Å²) in [5, 5.41) is 17.9. The Morgan fingerprint density at radius 3 is 2.56 bits per heavy atom. The fourth-order valence-corrected chi connectivity index (χ4v) is 3.72. The Morgan fingerprint density at radius 1 is 1.03 bits per heavy atom. The van der Waals surface area contributed by atoms with Gasteiger partial charge in [-0.3, -0.25) is 9.59 Å². The van der Waals surface area contributed by atoms with Gasteiger partial charge in [0.15, 0.2) is 6.61 Å². The van der Waals surface area contributed by atoms with Gasteiger partial charge >= 0.3 is 5.97 Å². The highest BCUT2D eigenvalue weighted by molar-refractivity contribution is 7.12. The highest BCUT2D eigenvalue weighted by atomic mass is 32.1. The molecule has 4 rings (SSSR count). The van der Waals surface area contributed by atoms with Gasteiger partial charge in [0, 0.05) is 11.3 Å². The molecule has 0 bridgehead atoms. The van der Waals surface area contributed by atoms with Crippen LogP contribution in [0.1, 0.15) is 20.0 Å². The number of nitrogens with zero attached hydrogens (tertiary/aromatic N) is 4. The number of esters is 1. The molecule has 0 aliphatic rings. The SMILES string of the molecule is COc1ccccc1NC(=O)c1ccc(NC(=O)COC(=O)c2sccc2-n2cnnn2)cc1. The fraction of sp³-hybridized carbons (Fsp3) is 0.0909.